The third-order valence-corrected chi connectivity index (χ3v) is 8.05. The number of rotatable bonds is 4. The summed E-state index contributed by atoms with van der Waals surface area (Å²) in [7, 11) is -4.20. The molecule has 10 heteroatoms. The van der Waals surface area contributed by atoms with E-state index in [-0.39, 0.29) is 28.0 Å². The zero-order chi connectivity index (χ0) is 19.9. The van der Waals surface area contributed by atoms with Crippen LogP contribution in [0.1, 0.15) is 20.8 Å². The molecule has 1 aliphatic rings. The fraction of sp³-hybridized carbons (Fsp3) is 0.375. The van der Waals surface area contributed by atoms with E-state index in [0.29, 0.717) is 5.57 Å². The number of nitro benzene ring substituents is 1. The molecule has 0 bridgehead atoms. The Morgan fingerprint density at radius 2 is 1.96 bits per heavy atom. The summed E-state index contributed by atoms with van der Waals surface area (Å²) in [5.41, 5.74) is 0.259. The van der Waals surface area contributed by atoms with Gasteiger partial charge >= 0.3 is 0 Å². The number of non-ortho nitro benzene ring substituents is 1. The van der Waals surface area contributed by atoms with Crippen LogP contribution >= 0.6 is 31.9 Å². The third kappa shape index (κ3) is 3.96. The normalized spacial score (nSPS) is 25.5. The van der Waals surface area contributed by atoms with E-state index in [1.165, 1.54) is 24.3 Å². The molecule has 140 valence electrons. The number of alkyl halides is 2. The van der Waals surface area contributed by atoms with E-state index in [4.69, 9.17) is 0 Å². The van der Waals surface area contributed by atoms with Crippen molar-refractivity contribution in [3.8, 4) is 0 Å². The van der Waals surface area contributed by atoms with Crippen molar-refractivity contribution in [1.82, 2.24) is 0 Å². The molecule has 2 atom stereocenters. The van der Waals surface area contributed by atoms with Crippen LogP contribution in [0.3, 0.4) is 0 Å². The summed E-state index contributed by atoms with van der Waals surface area (Å²) >= 11 is 6.71. The summed E-state index contributed by atoms with van der Waals surface area (Å²) in [6.45, 7) is 5.29. The number of hydrogen-bond acceptors (Lipinski definition) is 5. The lowest BCUT2D eigenvalue weighted by Crippen LogP contribution is -2.47. The van der Waals surface area contributed by atoms with Crippen molar-refractivity contribution in [3.63, 3.8) is 0 Å². The van der Waals surface area contributed by atoms with Crippen LogP contribution in [0.2, 0.25) is 0 Å². The lowest BCUT2D eigenvalue weighted by atomic mass is 9.83. The molecule has 0 aromatic heterocycles. The zero-order valence-electron chi connectivity index (χ0n) is 14.1. The van der Waals surface area contributed by atoms with Gasteiger partial charge in [0.15, 0.2) is 5.78 Å². The number of halogens is 2. The molecule has 0 amide bonds. The number of benzene rings is 1. The van der Waals surface area contributed by atoms with Gasteiger partial charge in [0, 0.05) is 17.7 Å². The first-order chi connectivity index (χ1) is 11.9. The molecule has 0 radical (unpaired) electrons. The van der Waals surface area contributed by atoms with Crippen molar-refractivity contribution in [2.45, 2.75) is 34.8 Å². The predicted molar refractivity (Wildman–Crippen MR) is 106 cm³/mol. The maximum atomic E-state index is 12.7. The molecule has 0 saturated heterocycles. The first-order valence-electron chi connectivity index (χ1n) is 7.56. The lowest BCUT2D eigenvalue weighted by molar-refractivity contribution is -0.385. The van der Waals surface area contributed by atoms with E-state index in [1.807, 2.05) is 13.8 Å². The van der Waals surface area contributed by atoms with Crippen LogP contribution < -0.4 is 0 Å². The molecule has 2 rings (SSSR count). The molecule has 26 heavy (non-hydrogen) atoms. The van der Waals surface area contributed by atoms with E-state index in [0.717, 1.165) is 6.07 Å². The van der Waals surface area contributed by atoms with Crippen LogP contribution in [0.4, 0.5) is 5.69 Å². The van der Waals surface area contributed by atoms with Crippen molar-refractivity contribution in [2.24, 2.45) is 10.3 Å². The minimum Gasteiger partial charge on any atom is -0.293 e. The number of Topliss-reactive ketones (excluding diaryl/α,β-unsaturated/α-hetero) is 1. The Kier molecular flexibility index (Phi) is 5.89. The maximum Gasteiger partial charge on any atom is 0.282 e. The van der Waals surface area contributed by atoms with Crippen LogP contribution in [0, 0.1) is 16.0 Å². The molecule has 0 saturated carbocycles. The highest BCUT2D eigenvalue weighted by molar-refractivity contribution is 9.13. The van der Waals surface area contributed by atoms with Gasteiger partial charge in [0.1, 0.15) is 0 Å². The molecule has 0 N–H and O–H groups in total. The minimum absolute atomic E-state index is 0.114. The van der Waals surface area contributed by atoms with E-state index in [9.17, 15) is 23.3 Å². The molecular formula is C16H16Br2N2O5S. The fourth-order valence-corrected chi connectivity index (χ4v) is 4.54. The first kappa shape index (κ1) is 20.9. The third-order valence-electron chi connectivity index (χ3n) is 3.95. The molecule has 1 aromatic rings. The smallest absolute Gasteiger partial charge is 0.282 e. The minimum atomic E-state index is -4.20. The lowest BCUT2D eigenvalue weighted by Gasteiger charge is -2.33. The second-order valence-electron chi connectivity index (χ2n) is 6.26. The average Bonchev–Trinajstić information content (AvgIpc) is 2.55. The van der Waals surface area contributed by atoms with Crippen molar-refractivity contribution in [2.75, 3.05) is 0 Å². The number of carbonyl (C=O) groups excluding carboxylic acids is 1. The number of nitro groups is 1. The van der Waals surface area contributed by atoms with Gasteiger partial charge in [-0.15, -0.1) is 0 Å². The number of carbonyl (C=O) groups is 1. The van der Waals surface area contributed by atoms with E-state index < -0.39 is 24.1 Å². The number of ketones is 1. The first-order valence-corrected chi connectivity index (χ1v) is 10.7. The Labute approximate surface area is 168 Å². The van der Waals surface area contributed by atoms with Crippen LogP contribution in [0.15, 0.2) is 45.2 Å². The van der Waals surface area contributed by atoms with Gasteiger partial charge in [-0.25, -0.2) is 0 Å². The molecule has 7 nitrogen and oxygen atoms in total. The van der Waals surface area contributed by atoms with Gasteiger partial charge in [0.2, 0.25) is 0 Å². The molecule has 0 heterocycles. The predicted octanol–water partition coefficient (Wildman–Crippen LogP) is 3.81. The highest BCUT2D eigenvalue weighted by Gasteiger charge is 2.45. The van der Waals surface area contributed by atoms with Gasteiger partial charge in [0.25, 0.3) is 15.7 Å². The average molecular weight is 508 g/mol. The van der Waals surface area contributed by atoms with Crippen LogP contribution in [0.25, 0.3) is 0 Å². The van der Waals surface area contributed by atoms with Crippen LogP contribution in [0.5, 0.6) is 0 Å². The summed E-state index contributed by atoms with van der Waals surface area (Å²) in [6, 6.07) is 4.68. The molecule has 1 aromatic carbocycles. The van der Waals surface area contributed by atoms with E-state index in [1.54, 1.807) is 6.92 Å². The summed E-state index contributed by atoms with van der Waals surface area (Å²) in [4.78, 5) is 21.7. The number of hydrogen-bond donors (Lipinski definition) is 0. The van der Waals surface area contributed by atoms with Crippen molar-refractivity contribution in [3.05, 3.63) is 46.0 Å². The Morgan fingerprint density at radius 1 is 1.35 bits per heavy atom. The molecule has 0 aliphatic heterocycles. The topological polar surface area (TPSA) is 107 Å². The Morgan fingerprint density at radius 3 is 2.50 bits per heavy atom. The highest BCUT2D eigenvalue weighted by Crippen LogP contribution is 2.38. The monoisotopic (exact) mass is 506 g/mol. The summed E-state index contributed by atoms with van der Waals surface area (Å²) in [5, 5.41) is 10.9. The van der Waals surface area contributed by atoms with Crippen molar-refractivity contribution >= 4 is 59.1 Å². The SMILES string of the molecule is CC(C)C1=CC(=NS(=O)(=O)c2cccc([N+](=O)[O-])c2)[C@](C)(Br)[C@@H](Br)C1=O. The largest absolute Gasteiger partial charge is 0.293 e. The van der Waals surface area contributed by atoms with Crippen LogP contribution in [-0.2, 0) is 14.8 Å². The standard InChI is InChI=1S/C16H16Br2N2O5S/c1-9(2)12-8-13(16(3,18)15(17)14(12)21)19-26(24,25)11-6-4-5-10(7-11)20(22)23/h4-9,15H,1-3H3/t15-,16-/m0/s1. The highest BCUT2D eigenvalue weighted by atomic mass is 79.9. The Bertz CT molecular complexity index is 936. The van der Waals surface area contributed by atoms with Gasteiger partial charge < -0.3 is 0 Å². The van der Waals surface area contributed by atoms with Crippen LogP contribution in [-0.4, -0.2) is 34.0 Å². The Balaban J connectivity index is 2.63. The number of nitrogens with zero attached hydrogens (tertiary/aromatic N) is 2. The van der Waals surface area contributed by atoms with Gasteiger partial charge in [-0.1, -0.05) is 51.8 Å². The van der Waals surface area contributed by atoms with E-state index in [2.05, 4.69) is 36.3 Å². The van der Waals surface area contributed by atoms with Gasteiger partial charge in [-0.05, 0) is 25.0 Å². The van der Waals surface area contributed by atoms with Crippen molar-refractivity contribution in [1.29, 1.82) is 0 Å². The quantitative estimate of drug-likeness (QED) is 0.350. The van der Waals surface area contributed by atoms with Gasteiger partial charge in [-0.3, -0.25) is 14.9 Å². The molecule has 0 unspecified atom stereocenters. The fourth-order valence-electron chi connectivity index (χ4n) is 2.39. The van der Waals surface area contributed by atoms with Gasteiger partial charge in [0.05, 0.1) is 24.7 Å². The molecule has 1 aliphatic carbocycles. The van der Waals surface area contributed by atoms with Gasteiger partial charge in [-0.2, -0.15) is 12.8 Å². The number of allylic oxidation sites excluding steroid dienone is 2. The Hall–Kier alpha value is -1.39. The second kappa shape index (κ2) is 7.32. The molecule has 0 fully saturated rings. The molecular weight excluding hydrogens is 492 g/mol. The zero-order valence-corrected chi connectivity index (χ0v) is 18.1. The summed E-state index contributed by atoms with van der Waals surface area (Å²) in [6.07, 6.45) is 1.47. The van der Waals surface area contributed by atoms with E-state index >= 15 is 0 Å². The maximum absolute atomic E-state index is 12.7. The van der Waals surface area contributed by atoms with Crippen molar-refractivity contribution < 1.29 is 18.1 Å². The number of sulfonamides is 1. The summed E-state index contributed by atoms with van der Waals surface area (Å²) in [5.74, 6) is -0.261. The molecule has 0 spiro atoms. The summed E-state index contributed by atoms with van der Waals surface area (Å²) < 4.78 is 28.2. The second-order valence-corrected chi connectivity index (χ2v) is 10.4.